The minimum atomic E-state index is -0.759. The van der Waals surface area contributed by atoms with Crippen molar-refractivity contribution in [1.29, 1.82) is 0 Å². The second-order valence-electron chi connectivity index (χ2n) is 6.98. The highest BCUT2D eigenvalue weighted by Crippen LogP contribution is 2.24. The maximum absolute atomic E-state index is 12.4. The van der Waals surface area contributed by atoms with E-state index < -0.39 is 18.0 Å². The Morgan fingerprint density at radius 2 is 1.64 bits per heavy atom. The number of carbonyl (C=O) groups excluding carboxylic acids is 3. The summed E-state index contributed by atoms with van der Waals surface area (Å²) in [5.74, 6) is -0.724. The van der Waals surface area contributed by atoms with Crippen molar-refractivity contribution in [1.82, 2.24) is 5.32 Å². The van der Waals surface area contributed by atoms with Crippen LogP contribution in [-0.2, 0) is 19.1 Å². The van der Waals surface area contributed by atoms with Crippen molar-refractivity contribution in [3.8, 4) is 5.75 Å². The van der Waals surface area contributed by atoms with Crippen LogP contribution in [0.5, 0.6) is 5.75 Å². The van der Waals surface area contributed by atoms with E-state index in [-0.39, 0.29) is 23.9 Å². The number of anilines is 2. The van der Waals surface area contributed by atoms with Gasteiger partial charge in [-0.05, 0) is 62.0 Å². The number of hydrogen-bond donors (Lipinski definition) is 3. The highest BCUT2D eigenvalue weighted by Gasteiger charge is 2.16. The van der Waals surface area contributed by atoms with Crippen LogP contribution in [0.2, 0.25) is 5.02 Å². The summed E-state index contributed by atoms with van der Waals surface area (Å²) in [5.41, 5.74) is 1.17. The molecule has 0 aliphatic rings. The van der Waals surface area contributed by atoms with Gasteiger partial charge >= 0.3 is 5.97 Å². The van der Waals surface area contributed by atoms with Gasteiger partial charge in [-0.25, -0.2) is 0 Å². The van der Waals surface area contributed by atoms with Gasteiger partial charge in [0.25, 0.3) is 5.91 Å². The second-order valence-corrected chi connectivity index (χ2v) is 7.80. The molecule has 1 atom stereocenters. The van der Waals surface area contributed by atoms with Crippen LogP contribution in [0.1, 0.15) is 33.1 Å². The number of nitrogens with one attached hydrogen (secondary N) is 3. The molecule has 0 saturated heterocycles. The average Bonchev–Trinajstić information content (AvgIpc) is 2.79. The Morgan fingerprint density at radius 1 is 1.00 bits per heavy atom. The van der Waals surface area contributed by atoms with Crippen LogP contribution in [0.3, 0.4) is 0 Å². The summed E-state index contributed by atoms with van der Waals surface area (Å²) in [6.07, 6.45) is -0.0700. The summed E-state index contributed by atoms with van der Waals surface area (Å²) in [4.78, 5) is 35.7. The number of carbonyl (C=O) groups is 3. The maximum Gasteiger partial charge on any atom is 0.306 e. The maximum atomic E-state index is 12.4. The van der Waals surface area contributed by atoms with Gasteiger partial charge in [0.2, 0.25) is 5.91 Å². The fourth-order valence-electron chi connectivity index (χ4n) is 2.52. The van der Waals surface area contributed by atoms with Crippen LogP contribution in [0.25, 0.3) is 0 Å². The molecule has 0 saturated carbocycles. The molecule has 2 aromatic rings. The van der Waals surface area contributed by atoms with E-state index in [4.69, 9.17) is 33.3 Å². The molecule has 0 spiro atoms. The predicted molar refractivity (Wildman–Crippen MR) is 131 cm³/mol. The van der Waals surface area contributed by atoms with E-state index >= 15 is 0 Å². The molecule has 1 unspecified atom stereocenters. The minimum absolute atomic E-state index is 0.0124. The molecule has 0 bridgehead atoms. The van der Waals surface area contributed by atoms with Crippen LogP contribution in [0, 0.1) is 0 Å². The Balaban J connectivity index is 1.78. The molecule has 0 aliphatic carbocycles. The van der Waals surface area contributed by atoms with E-state index in [9.17, 15) is 14.4 Å². The second kappa shape index (κ2) is 13.4. The summed E-state index contributed by atoms with van der Waals surface area (Å²) < 4.78 is 10.5. The van der Waals surface area contributed by atoms with Gasteiger partial charge in [-0.3, -0.25) is 14.4 Å². The molecule has 0 fully saturated rings. The van der Waals surface area contributed by atoms with E-state index in [1.807, 2.05) is 6.92 Å². The van der Waals surface area contributed by atoms with Gasteiger partial charge in [-0.2, -0.15) is 0 Å². The standard InChI is InChI=1S/C23H26ClN3O5S/c1-3-14-31-21(29)13-12-20(28)27-23(33)26-17-10-8-16(9-11-17)25-22(30)15(2)32-19-7-5-4-6-18(19)24/h4-11,15H,3,12-14H2,1-2H3,(H,25,30)(H2,26,27,28,33). The van der Waals surface area contributed by atoms with Gasteiger partial charge < -0.3 is 25.4 Å². The zero-order valence-corrected chi connectivity index (χ0v) is 19.9. The average molecular weight is 492 g/mol. The van der Waals surface area contributed by atoms with Crippen molar-refractivity contribution in [2.24, 2.45) is 0 Å². The molecule has 2 amide bonds. The van der Waals surface area contributed by atoms with Crippen molar-refractivity contribution in [2.75, 3.05) is 17.2 Å². The molecule has 10 heteroatoms. The Morgan fingerprint density at radius 3 is 2.27 bits per heavy atom. The molecule has 2 aromatic carbocycles. The first-order valence-electron chi connectivity index (χ1n) is 10.4. The van der Waals surface area contributed by atoms with Crippen LogP contribution < -0.4 is 20.7 Å². The first kappa shape index (κ1) is 26.1. The summed E-state index contributed by atoms with van der Waals surface area (Å²) >= 11 is 11.2. The van der Waals surface area contributed by atoms with Crippen molar-refractivity contribution < 1.29 is 23.9 Å². The summed E-state index contributed by atoms with van der Waals surface area (Å²) in [6, 6.07) is 13.6. The Bertz CT molecular complexity index is 984. The van der Waals surface area contributed by atoms with Crippen LogP contribution in [0.4, 0.5) is 11.4 Å². The zero-order chi connectivity index (χ0) is 24.2. The van der Waals surface area contributed by atoms with Crippen molar-refractivity contribution >= 4 is 58.1 Å². The molecule has 0 aromatic heterocycles. The number of para-hydroxylation sites is 1. The van der Waals surface area contributed by atoms with Gasteiger partial charge in [-0.15, -0.1) is 0 Å². The number of ether oxygens (including phenoxy) is 2. The number of halogens is 1. The molecule has 0 radical (unpaired) electrons. The fourth-order valence-corrected chi connectivity index (χ4v) is 2.93. The normalized spacial score (nSPS) is 11.1. The van der Waals surface area contributed by atoms with E-state index in [2.05, 4.69) is 16.0 Å². The lowest BCUT2D eigenvalue weighted by Crippen LogP contribution is -2.34. The number of amides is 2. The fraction of sp³-hybridized carbons (Fsp3) is 0.304. The topological polar surface area (TPSA) is 106 Å². The van der Waals surface area contributed by atoms with Crippen molar-refractivity contribution in [3.63, 3.8) is 0 Å². The first-order chi connectivity index (χ1) is 15.8. The molecule has 3 N–H and O–H groups in total. The Labute approximate surface area is 203 Å². The lowest BCUT2D eigenvalue weighted by atomic mass is 10.2. The predicted octanol–water partition coefficient (Wildman–Crippen LogP) is 4.29. The van der Waals surface area contributed by atoms with Gasteiger partial charge in [0, 0.05) is 17.8 Å². The van der Waals surface area contributed by atoms with Gasteiger partial charge in [0.15, 0.2) is 11.2 Å². The smallest absolute Gasteiger partial charge is 0.306 e. The lowest BCUT2D eigenvalue weighted by Gasteiger charge is -2.16. The summed E-state index contributed by atoms with van der Waals surface area (Å²) in [7, 11) is 0. The first-order valence-corrected chi connectivity index (χ1v) is 11.2. The molecule has 0 heterocycles. The Kier molecular flexibility index (Phi) is 10.6. The van der Waals surface area contributed by atoms with Crippen molar-refractivity contribution in [3.05, 3.63) is 53.6 Å². The largest absolute Gasteiger partial charge is 0.479 e. The number of rotatable bonds is 10. The summed E-state index contributed by atoms with van der Waals surface area (Å²) in [6.45, 7) is 3.85. The molecular formula is C23H26ClN3O5S. The minimum Gasteiger partial charge on any atom is -0.479 e. The lowest BCUT2D eigenvalue weighted by molar-refractivity contribution is -0.144. The number of hydrogen-bond acceptors (Lipinski definition) is 6. The third-order valence-electron chi connectivity index (χ3n) is 4.20. The van der Waals surface area contributed by atoms with Gasteiger partial charge in [-0.1, -0.05) is 30.7 Å². The molecule has 0 aliphatic heterocycles. The molecule has 8 nitrogen and oxygen atoms in total. The zero-order valence-electron chi connectivity index (χ0n) is 18.4. The Hall–Kier alpha value is -3.17. The van der Waals surface area contributed by atoms with E-state index in [1.165, 1.54) is 0 Å². The third-order valence-corrected chi connectivity index (χ3v) is 4.71. The quantitative estimate of drug-likeness (QED) is 0.336. The van der Waals surface area contributed by atoms with Gasteiger partial charge in [0.05, 0.1) is 18.1 Å². The third kappa shape index (κ3) is 9.46. The van der Waals surface area contributed by atoms with Crippen molar-refractivity contribution in [2.45, 2.75) is 39.2 Å². The molecule has 176 valence electrons. The van der Waals surface area contributed by atoms with E-state index in [0.717, 1.165) is 6.42 Å². The number of thiocarbonyl (C=S) groups is 1. The summed E-state index contributed by atoms with van der Waals surface area (Å²) in [5, 5.41) is 8.65. The SMILES string of the molecule is CCCOC(=O)CCC(=O)NC(=S)Nc1ccc(NC(=O)C(C)Oc2ccccc2Cl)cc1. The van der Waals surface area contributed by atoms with Crippen LogP contribution in [-0.4, -0.2) is 35.6 Å². The highest BCUT2D eigenvalue weighted by molar-refractivity contribution is 7.80. The molecular weight excluding hydrogens is 466 g/mol. The van der Waals surface area contributed by atoms with Crippen LogP contribution >= 0.6 is 23.8 Å². The van der Waals surface area contributed by atoms with Gasteiger partial charge in [0.1, 0.15) is 5.75 Å². The highest BCUT2D eigenvalue weighted by atomic mass is 35.5. The number of esters is 1. The number of benzene rings is 2. The molecule has 2 rings (SSSR count). The monoisotopic (exact) mass is 491 g/mol. The molecule has 33 heavy (non-hydrogen) atoms. The van der Waals surface area contributed by atoms with E-state index in [0.29, 0.717) is 28.8 Å². The van der Waals surface area contributed by atoms with E-state index in [1.54, 1.807) is 55.5 Å². The van der Waals surface area contributed by atoms with Crippen LogP contribution in [0.15, 0.2) is 48.5 Å².